The molecule has 1 heterocycles. The molecule has 0 spiro atoms. The fourth-order valence-corrected chi connectivity index (χ4v) is 4.47. The maximum atomic E-state index is 13.2. The zero-order valence-corrected chi connectivity index (χ0v) is 18.2. The largest absolute Gasteiger partial charge is 0.433 e. The van der Waals surface area contributed by atoms with E-state index in [1.165, 1.54) is 23.1 Å². The number of benzene rings is 1. The smallest absolute Gasteiger partial charge is 0.387 e. The minimum atomic E-state index is -3.15. The van der Waals surface area contributed by atoms with E-state index in [1.54, 1.807) is 0 Å². The van der Waals surface area contributed by atoms with Crippen molar-refractivity contribution in [2.45, 2.75) is 63.3 Å². The van der Waals surface area contributed by atoms with E-state index in [1.807, 2.05) is 4.90 Å². The van der Waals surface area contributed by atoms with Crippen molar-refractivity contribution >= 4 is 29.1 Å². The Morgan fingerprint density at radius 2 is 1.85 bits per heavy atom. The lowest BCUT2D eigenvalue weighted by atomic mass is 9.83. The number of hydrogen-bond acceptors (Lipinski definition) is 6. The van der Waals surface area contributed by atoms with Crippen LogP contribution in [-0.2, 0) is 19.1 Å². The van der Waals surface area contributed by atoms with E-state index in [9.17, 15) is 23.2 Å². The minimum Gasteiger partial charge on any atom is -0.433 e. The fraction of sp³-hybridized carbons (Fsp3) is 0.591. The number of carbonyl (C=O) groups is 3. The minimum absolute atomic E-state index is 0.0295. The number of carbonyl (C=O) groups excluding carboxylic acids is 3. The van der Waals surface area contributed by atoms with Gasteiger partial charge in [-0.15, -0.1) is 0 Å². The van der Waals surface area contributed by atoms with Crippen LogP contribution >= 0.6 is 0 Å². The quantitative estimate of drug-likeness (QED) is 0.537. The van der Waals surface area contributed by atoms with Gasteiger partial charge in [-0.1, -0.05) is 12.8 Å². The number of hydrogen-bond donors (Lipinski definition) is 2. The number of primary amides is 1. The number of nitrogens with zero attached hydrogens (tertiary/aromatic N) is 2. The third-order valence-electron chi connectivity index (χ3n) is 6.55. The van der Waals surface area contributed by atoms with Crippen molar-refractivity contribution in [2.75, 3.05) is 30.0 Å². The molecule has 9 nitrogen and oxygen atoms in total. The third-order valence-corrected chi connectivity index (χ3v) is 6.55. The molecule has 1 aromatic rings. The molecule has 1 aliphatic heterocycles. The summed E-state index contributed by atoms with van der Waals surface area (Å²) in [5.74, 6) is -2.09. The number of amides is 3. The Balaban J connectivity index is 1.58. The first kappa shape index (κ1) is 23.4. The van der Waals surface area contributed by atoms with E-state index in [0.29, 0.717) is 12.3 Å². The Hall–Kier alpha value is -2.79. The van der Waals surface area contributed by atoms with Gasteiger partial charge in [0.25, 0.3) is 11.8 Å². The number of morpholine rings is 1. The van der Waals surface area contributed by atoms with Crippen molar-refractivity contribution in [3.05, 3.63) is 18.2 Å². The average molecular weight is 466 g/mol. The lowest BCUT2D eigenvalue weighted by molar-refractivity contribution is -0.138. The summed E-state index contributed by atoms with van der Waals surface area (Å²) in [7, 11) is 0. The second-order valence-electron chi connectivity index (χ2n) is 8.57. The summed E-state index contributed by atoms with van der Waals surface area (Å²) in [5.41, 5.74) is 5.94. The van der Waals surface area contributed by atoms with Gasteiger partial charge in [-0.2, -0.15) is 8.78 Å². The molecule has 3 aliphatic rings. The van der Waals surface area contributed by atoms with Crippen LogP contribution in [0.3, 0.4) is 0 Å². The van der Waals surface area contributed by atoms with Gasteiger partial charge in [-0.05, 0) is 37.8 Å². The predicted octanol–water partition coefficient (Wildman–Crippen LogP) is 1.85. The van der Waals surface area contributed by atoms with Crippen LogP contribution in [0.1, 0.15) is 38.5 Å². The number of nitrogens with one attached hydrogen (secondary N) is 1. The Bertz CT molecular complexity index is 893. The molecule has 3 N–H and O–H groups in total. The number of rotatable bonds is 9. The maximum absolute atomic E-state index is 13.2. The molecule has 1 atom stereocenters. The second kappa shape index (κ2) is 10.0. The van der Waals surface area contributed by atoms with E-state index in [4.69, 9.17) is 10.5 Å². The molecule has 33 heavy (non-hydrogen) atoms. The van der Waals surface area contributed by atoms with Gasteiger partial charge in [-0.25, -0.2) is 0 Å². The molecule has 1 saturated heterocycles. The number of anilines is 2. The molecule has 0 aromatic heterocycles. The zero-order valence-electron chi connectivity index (χ0n) is 18.2. The highest BCUT2D eigenvalue weighted by Gasteiger charge is 2.43. The summed E-state index contributed by atoms with van der Waals surface area (Å²) >= 11 is 0. The van der Waals surface area contributed by atoms with Crippen molar-refractivity contribution in [3.63, 3.8) is 0 Å². The number of ether oxygens (including phenoxy) is 2. The first-order valence-electron chi connectivity index (χ1n) is 11.2. The van der Waals surface area contributed by atoms with Gasteiger partial charge >= 0.3 is 6.61 Å². The standard InChI is InChI=1S/C22H28F2N4O5/c23-22(24)33-17-11-15(27-9-10-32-12-18(27)29)7-8-16(17)26-21(31)19(20(25)30)28(13-3-1-4-13)14-5-2-6-14/h7-8,11,13-14,19,22H,1-6,9-10,12H2,(H2,25,30)(H,26,31)/t19-/m1/s1. The highest BCUT2D eigenvalue weighted by molar-refractivity contribution is 6.10. The molecule has 0 bridgehead atoms. The Kier molecular flexibility index (Phi) is 7.08. The van der Waals surface area contributed by atoms with E-state index in [-0.39, 0.29) is 42.6 Å². The van der Waals surface area contributed by atoms with Gasteiger partial charge < -0.3 is 25.4 Å². The Morgan fingerprint density at radius 1 is 1.18 bits per heavy atom. The van der Waals surface area contributed by atoms with Crippen molar-refractivity contribution < 1.29 is 32.6 Å². The molecule has 3 fully saturated rings. The molecule has 0 radical (unpaired) electrons. The monoisotopic (exact) mass is 466 g/mol. The van der Waals surface area contributed by atoms with Crippen LogP contribution in [0.2, 0.25) is 0 Å². The van der Waals surface area contributed by atoms with Gasteiger partial charge in [0.2, 0.25) is 5.91 Å². The van der Waals surface area contributed by atoms with Crippen LogP contribution in [0.5, 0.6) is 5.75 Å². The molecule has 0 unspecified atom stereocenters. The summed E-state index contributed by atoms with van der Waals surface area (Å²) in [6.45, 7) is -2.68. The summed E-state index contributed by atoms with van der Waals surface area (Å²) in [6.07, 6.45) is 5.58. The van der Waals surface area contributed by atoms with Crippen LogP contribution in [0.4, 0.5) is 20.2 Å². The van der Waals surface area contributed by atoms with E-state index >= 15 is 0 Å². The average Bonchev–Trinajstić information content (AvgIpc) is 2.66. The van der Waals surface area contributed by atoms with Crippen LogP contribution in [0, 0.1) is 0 Å². The van der Waals surface area contributed by atoms with Gasteiger partial charge in [0.1, 0.15) is 6.61 Å². The maximum Gasteiger partial charge on any atom is 0.387 e. The molecule has 2 saturated carbocycles. The first-order valence-corrected chi connectivity index (χ1v) is 11.2. The van der Waals surface area contributed by atoms with E-state index in [0.717, 1.165) is 38.5 Å². The molecular weight excluding hydrogens is 438 g/mol. The molecule has 2 aliphatic carbocycles. The van der Waals surface area contributed by atoms with Crippen molar-refractivity contribution in [3.8, 4) is 5.75 Å². The topological polar surface area (TPSA) is 114 Å². The second-order valence-corrected chi connectivity index (χ2v) is 8.57. The van der Waals surface area contributed by atoms with Crippen molar-refractivity contribution in [1.82, 2.24) is 4.90 Å². The number of halogens is 2. The summed E-state index contributed by atoms with van der Waals surface area (Å²) in [4.78, 5) is 40.9. The molecule has 180 valence electrons. The van der Waals surface area contributed by atoms with Crippen LogP contribution in [0.25, 0.3) is 0 Å². The van der Waals surface area contributed by atoms with Crippen LogP contribution in [-0.4, -0.2) is 67.1 Å². The number of alkyl halides is 2. The van der Waals surface area contributed by atoms with Crippen molar-refractivity contribution in [1.29, 1.82) is 0 Å². The summed E-state index contributed by atoms with van der Waals surface area (Å²) in [5, 5.41) is 2.56. The molecule has 3 amide bonds. The lowest BCUT2D eigenvalue weighted by Gasteiger charge is -2.48. The number of nitrogens with two attached hydrogens (primary N) is 1. The van der Waals surface area contributed by atoms with Gasteiger partial charge in [-0.3, -0.25) is 19.3 Å². The van der Waals surface area contributed by atoms with Crippen LogP contribution < -0.4 is 20.7 Å². The highest BCUT2D eigenvalue weighted by Crippen LogP contribution is 2.37. The third kappa shape index (κ3) is 5.09. The summed E-state index contributed by atoms with van der Waals surface area (Å²) in [6, 6.07) is 3.16. The van der Waals surface area contributed by atoms with Crippen LogP contribution in [0.15, 0.2) is 18.2 Å². The molecular formula is C22H28F2N4O5. The molecule has 4 rings (SSSR count). The predicted molar refractivity (Wildman–Crippen MR) is 115 cm³/mol. The Labute approximate surface area is 190 Å². The summed E-state index contributed by atoms with van der Waals surface area (Å²) < 4.78 is 35.9. The molecule has 1 aromatic carbocycles. The van der Waals surface area contributed by atoms with E-state index < -0.39 is 24.5 Å². The Morgan fingerprint density at radius 3 is 2.36 bits per heavy atom. The van der Waals surface area contributed by atoms with Gasteiger partial charge in [0.15, 0.2) is 11.8 Å². The lowest BCUT2D eigenvalue weighted by Crippen LogP contribution is -2.62. The zero-order chi connectivity index (χ0) is 23.5. The molecule has 11 heteroatoms. The fourth-order valence-electron chi connectivity index (χ4n) is 4.47. The first-order chi connectivity index (χ1) is 15.8. The normalized spacial score (nSPS) is 20.4. The highest BCUT2D eigenvalue weighted by atomic mass is 19.3. The van der Waals surface area contributed by atoms with Gasteiger partial charge in [0, 0.05) is 30.4 Å². The van der Waals surface area contributed by atoms with Crippen molar-refractivity contribution in [2.24, 2.45) is 5.73 Å². The van der Waals surface area contributed by atoms with E-state index in [2.05, 4.69) is 10.1 Å². The van der Waals surface area contributed by atoms with Gasteiger partial charge in [0.05, 0.1) is 12.3 Å². The SMILES string of the molecule is NC(=O)[C@H](C(=O)Nc1ccc(N2CCOCC2=O)cc1OC(F)F)N(C1CCC1)C1CCC1.